The lowest BCUT2D eigenvalue weighted by molar-refractivity contribution is -0.149. The maximum Gasteiger partial charge on any atom is 0.311 e. The average Bonchev–Trinajstić information content (AvgIpc) is 3.08. The van der Waals surface area contributed by atoms with Gasteiger partial charge in [0.2, 0.25) is 5.91 Å². The van der Waals surface area contributed by atoms with Gasteiger partial charge in [-0.15, -0.1) is 0 Å². The molecule has 1 aromatic carbocycles. The Morgan fingerprint density at radius 2 is 1.90 bits per heavy atom. The number of aromatic nitrogens is 2. The molecule has 1 aliphatic heterocycles. The number of ether oxygens (including phenoxy) is 1. The number of carbonyl (C=O) groups is 2. The first-order valence-electron chi connectivity index (χ1n) is 9.44. The molecule has 0 N–H and O–H groups in total. The summed E-state index contributed by atoms with van der Waals surface area (Å²) in [7, 11) is 0. The second kappa shape index (κ2) is 7.50. The molecule has 1 aliphatic rings. The number of nitrogens with zero attached hydrogens (tertiary/aromatic N) is 3. The normalized spacial score (nSPS) is 16.4. The zero-order valence-electron chi connectivity index (χ0n) is 16.3. The smallest absolute Gasteiger partial charge is 0.311 e. The molecule has 3 heterocycles. The number of pyridine rings is 1. The summed E-state index contributed by atoms with van der Waals surface area (Å²) in [5.74, 6) is -1.10. The molecule has 29 heavy (non-hydrogen) atoms. The molecule has 7 nitrogen and oxygen atoms in total. The third kappa shape index (κ3) is 3.76. The molecule has 0 radical (unpaired) electrons. The number of anilines is 1. The molecule has 0 saturated carbocycles. The summed E-state index contributed by atoms with van der Waals surface area (Å²) >= 11 is 0. The van der Waals surface area contributed by atoms with Crippen LogP contribution in [0.15, 0.2) is 53.3 Å². The van der Waals surface area contributed by atoms with Crippen molar-refractivity contribution in [2.45, 2.75) is 26.9 Å². The van der Waals surface area contributed by atoms with Gasteiger partial charge in [0.15, 0.2) is 0 Å². The topological polar surface area (TPSA) is 81.0 Å². The van der Waals surface area contributed by atoms with Crippen LogP contribution in [0.5, 0.6) is 0 Å². The van der Waals surface area contributed by atoms with Crippen LogP contribution in [-0.2, 0) is 20.9 Å². The van der Waals surface area contributed by atoms with Gasteiger partial charge >= 0.3 is 5.97 Å². The van der Waals surface area contributed by atoms with Crippen molar-refractivity contribution in [3.05, 3.63) is 75.8 Å². The highest BCUT2D eigenvalue weighted by Crippen LogP contribution is 2.26. The van der Waals surface area contributed by atoms with Crippen molar-refractivity contribution in [1.82, 2.24) is 9.38 Å². The predicted molar refractivity (Wildman–Crippen MR) is 108 cm³/mol. The minimum Gasteiger partial charge on any atom is -0.459 e. The van der Waals surface area contributed by atoms with Gasteiger partial charge in [-0.05, 0) is 38.1 Å². The zero-order chi connectivity index (χ0) is 20.5. The Labute approximate surface area is 167 Å². The summed E-state index contributed by atoms with van der Waals surface area (Å²) in [5.41, 5.74) is 3.32. The van der Waals surface area contributed by atoms with E-state index in [1.54, 1.807) is 11.0 Å². The molecule has 2 aromatic heterocycles. The number of esters is 1. The Balaban J connectivity index is 1.44. The molecule has 1 saturated heterocycles. The van der Waals surface area contributed by atoms with Gasteiger partial charge in [-0.3, -0.25) is 18.8 Å². The molecule has 4 rings (SSSR count). The summed E-state index contributed by atoms with van der Waals surface area (Å²) in [6.45, 7) is 3.98. The second-order valence-electron chi connectivity index (χ2n) is 7.30. The lowest BCUT2D eigenvalue weighted by Gasteiger charge is -2.16. The molecule has 148 valence electrons. The Morgan fingerprint density at radius 1 is 1.14 bits per heavy atom. The molecule has 3 aromatic rings. The molecular formula is C22H21N3O4. The van der Waals surface area contributed by atoms with Crippen molar-refractivity contribution in [3.8, 4) is 0 Å². The SMILES string of the molecule is Cc1ccc(N2C[C@H](C(=O)OCc3cc(=O)n4c(C)cccc4n3)CC2=O)cc1. The lowest BCUT2D eigenvalue weighted by atomic mass is 10.1. The number of amides is 1. The van der Waals surface area contributed by atoms with E-state index in [1.807, 2.05) is 50.2 Å². The Bertz CT molecular complexity index is 1150. The molecule has 0 aliphatic carbocycles. The van der Waals surface area contributed by atoms with Crippen molar-refractivity contribution in [3.63, 3.8) is 0 Å². The Kier molecular flexibility index (Phi) is 4.88. The van der Waals surface area contributed by atoms with Crippen molar-refractivity contribution in [2.75, 3.05) is 11.4 Å². The summed E-state index contributed by atoms with van der Waals surface area (Å²) in [5, 5.41) is 0. The number of hydrogen-bond acceptors (Lipinski definition) is 5. The highest BCUT2D eigenvalue weighted by atomic mass is 16.5. The van der Waals surface area contributed by atoms with E-state index in [2.05, 4.69) is 4.98 Å². The van der Waals surface area contributed by atoms with Crippen LogP contribution < -0.4 is 10.5 Å². The molecule has 0 spiro atoms. The minimum atomic E-state index is -0.535. The molecule has 1 fully saturated rings. The van der Waals surface area contributed by atoms with Gasteiger partial charge < -0.3 is 9.64 Å². The van der Waals surface area contributed by atoms with Gasteiger partial charge in [0.1, 0.15) is 12.3 Å². The van der Waals surface area contributed by atoms with Gasteiger partial charge in [-0.1, -0.05) is 23.8 Å². The van der Waals surface area contributed by atoms with Crippen molar-refractivity contribution in [1.29, 1.82) is 0 Å². The molecule has 1 atom stereocenters. The van der Waals surface area contributed by atoms with E-state index in [9.17, 15) is 14.4 Å². The first-order valence-corrected chi connectivity index (χ1v) is 9.44. The van der Waals surface area contributed by atoms with Gasteiger partial charge in [0, 0.05) is 30.4 Å². The maximum absolute atomic E-state index is 12.5. The van der Waals surface area contributed by atoms with E-state index in [0.29, 0.717) is 11.3 Å². The quantitative estimate of drug-likeness (QED) is 0.638. The number of fused-ring (bicyclic) bond motifs is 1. The third-order valence-electron chi connectivity index (χ3n) is 5.10. The fourth-order valence-corrected chi connectivity index (χ4v) is 3.54. The number of hydrogen-bond donors (Lipinski definition) is 0. The highest BCUT2D eigenvalue weighted by molar-refractivity contribution is 5.99. The van der Waals surface area contributed by atoms with Crippen LogP contribution in [0.4, 0.5) is 5.69 Å². The number of benzene rings is 1. The molecule has 0 unspecified atom stereocenters. The molecular weight excluding hydrogens is 370 g/mol. The van der Waals surface area contributed by atoms with Gasteiger partial charge in [-0.2, -0.15) is 0 Å². The van der Waals surface area contributed by atoms with Crippen LogP contribution in [-0.4, -0.2) is 27.8 Å². The van der Waals surface area contributed by atoms with Gasteiger partial charge in [-0.25, -0.2) is 4.98 Å². The second-order valence-corrected chi connectivity index (χ2v) is 7.30. The average molecular weight is 391 g/mol. The summed E-state index contributed by atoms with van der Waals surface area (Å²) < 4.78 is 6.87. The highest BCUT2D eigenvalue weighted by Gasteiger charge is 2.36. The molecule has 0 bridgehead atoms. The standard InChI is InChI=1S/C22H21N3O4/c1-14-6-8-18(9-7-14)24-12-16(10-20(24)26)22(28)29-13-17-11-21(27)25-15(2)4-3-5-19(25)23-17/h3-9,11,16H,10,12-13H2,1-2H3/t16-/m1/s1. The fourth-order valence-electron chi connectivity index (χ4n) is 3.54. The van der Waals surface area contributed by atoms with E-state index in [1.165, 1.54) is 10.5 Å². The first kappa shape index (κ1) is 18.9. The van der Waals surface area contributed by atoms with E-state index in [4.69, 9.17) is 4.74 Å². The zero-order valence-corrected chi connectivity index (χ0v) is 16.3. The van der Waals surface area contributed by atoms with E-state index < -0.39 is 11.9 Å². The largest absolute Gasteiger partial charge is 0.459 e. The lowest BCUT2D eigenvalue weighted by Crippen LogP contribution is -2.26. The summed E-state index contributed by atoms with van der Waals surface area (Å²) in [6.07, 6.45) is 0.111. The van der Waals surface area contributed by atoms with E-state index in [0.717, 1.165) is 16.9 Å². The van der Waals surface area contributed by atoms with Crippen LogP contribution in [0, 0.1) is 19.8 Å². The van der Waals surface area contributed by atoms with Crippen LogP contribution in [0.2, 0.25) is 0 Å². The first-order chi connectivity index (χ1) is 13.9. The van der Waals surface area contributed by atoms with Crippen LogP contribution >= 0.6 is 0 Å². The van der Waals surface area contributed by atoms with E-state index in [-0.39, 0.29) is 31.0 Å². The van der Waals surface area contributed by atoms with Crippen molar-refractivity contribution in [2.24, 2.45) is 5.92 Å². The van der Waals surface area contributed by atoms with Crippen LogP contribution in [0.3, 0.4) is 0 Å². The Morgan fingerprint density at radius 3 is 2.66 bits per heavy atom. The van der Waals surface area contributed by atoms with Crippen molar-refractivity contribution >= 4 is 23.2 Å². The minimum absolute atomic E-state index is 0.103. The van der Waals surface area contributed by atoms with Gasteiger partial charge in [0.25, 0.3) is 5.56 Å². The Hall–Kier alpha value is -3.48. The maximum atomic E-state index is 12.5. The predicted octanol–water partition coefficient (Wildman–Crippen LogP) is 2.41. The van der Waals surface area contributed by atoms with Crippen molar-refractivity contribution < 1.29 is 14.3 Å². The number of carbonyl (C=O) groups excluding carboxylic acids is 2. The van der Waals surface area contributed by atoms with Crippen LogP contribution in [0.25, 0.3) is 5.65 Å². The van der Waals surface area contributed by atoms with Crippen LogP contribution in [0.1, 0.15) is 23.4 Å². The molecule has 1 amide bonds. The fraction of sp³-hybridized carbons (Fsp3) is 0.273. The number of aryl methyl sites for hydroxylation is 2. The number of rotatable bonds is 4. The monoisotopic (exact) mass is 391 g/mol. The van der Waals surface area contributed by atoms with Gasteiger partial charge in [0.05, 0.1) is 11.6 Å². The summed E-state index contributed by atoms with van der Waals surface area (Å²) in [6, 6.07) is 14.3. The summed E-state index contributed by atoms with van der Waals surface area (Å²) in [4.78, 5) is 43.1. The third-order valence-corrected chi connectivity index (χ3v) is 5.10. The van der Waals surface area contributed by atoms with E-state index >= 15 is 0 Å². The molecule has 7 heteroatoms.